The summed E-state index contributed by atoms with van der Waals surface area (Å²) in [6, 6.07) is 10.2. The number of hydrogen-bond donors (Lipinski definition) is 2. The van der Waals surface area contributed by atoms with Crippen molar-refractivity contribution in [3.63, 3.8) is 0 Å². The Labute approximate surface area is 96.2 Å². The molecule has 0 aliphatic carbocycles. The van der Waals surface area contributed by atoms with E-state index in [4.69, 9.17) is 0 Å². The second-order valence-electron chi connectivity index (χ2n) is 4.22. The predicted molar refractivity (Wildman–Crippen MR) is 64.0 cm³/mol. The van der Waals surface area contributed by atoms with Crippen molar-refractivity contribution < 1.29 is 4.79 Å². The lowest BCUT2D eigenvalue weighted by atomic mass is 10.0. The van der Waals surface area contributed by atoms with Crippen molar-refractivity contribution in [3.8, 4) is 0 Å². The van der Waals surface area contributed by atoms with Crippen molar-refractivity contribution in [1.82, 2.24) is 10.6 Å². The molecule has 1 fully saturated rings. The summed E-state index contributed by atoms with van der Waals surface area (Å²) in [5.41, 5.74) is 1.17. The highest BCUT2D eigenvalue weighted by atomic mass is 16.2. The molecule has 0 aromatic heterocycles. The van der Waals surface area contributed by atoms with E-state index in [1.807, 2.05) is 30.3 Å². The van der Waals surface area contributed by atoms with E-state index in [0.717, 1.165) is 19.4 Å². The van der Waals surface area contributed by atoms with Gasteiger partial charge in [0.25, 0.3) is 0 Å². The molecule has 1 saturated heterocycles. The van der Waals surface area contributed by atoms with Crippen molar-refractivity contribution in [2.45, 2.75) is 31.8 Å². The zero-order valence-electron chi connectivity index (χ0n) is 9.57. The number of carbonyl (C=O) groups is 1. The topological polar surface area (TPSA) is 41.1 Å². The van der Waals surface area contributed by atoms with E-state index in [2.05, 4.69) is 17.6 Å². The van der Waals surface area contributed by atoms with E-state index in [-0.39, 0.29) is 18.0 Å². The van der Waals surface area contributed by atoms with E-state index in [9.17, 15) is 4.79 Å². The van der Waals surface area contributed by atoms with Gasteiger partial charge < -0.3 is 10.6 Å². The molecule has 0 radical (unpaired) electrons. The number of hydrogen-bond acceptors (Lipinski definition) is 2. The normalized spacial score (nSPS) is 25.2. The highest BCUT2D eigenvalue weighted by Gasteiger charge is 2.26. The lowest BCUT2D eigenvalue weighted by Gasteiger charge is -2.30. The first-order valence-corrected chi connectivity index (χ1v) is 5.90. The molecule has 1 aliphatic rings. The van der Waals surface area contributed by atoms with E-state index in [1.165, 1.54) is 5.56 Å². The van der Waals surface area contributed by atoms with Crippen LogP contribution in [0.2, 0.25) is 0 Å². The van der Waals surface area contributed by atoms with Gasteiger partial charge in [-0.1, -0.05) is 43.7 Å². The molecule has 86 valence electrons. The van der Waals surface area contributed by atoms with Crippen LogP contribution in [0.3, 0.4) is 0 Å². The predicted octanol–water partition coefficient (Wildman–Crippen LogP) is 1.62. The molecular weight excluding hydrogens is 200 g/mol. The molecule has 1 aromatic carbocycles. The first-order chi connectivity index (χ1) is 7.81. The third-order valence-corrected chi connectivity index (χ3v) is 2.98. The maximum absolute atomic E-state index is 11.8. The molecule has 0 saturated carbocycles. The molecule has 1 heterocycles. The van der Waals surface area contributed by atoms with Crippen LogP contribution in [0.5, 0.6) is 0 Å². The number of benzene rings is 1. The number of carbonyl (C=O) groups excluding carboxylic acids is 1. The third-order valence-electron chi connectivity index (χ3n) is 2.98. The Morgan fingerprint density at radius 3 is 2.69 bits per heavy atom. The molecular formula is C13H18N2O. The Kier molecular flexibility index (Phi) is 3.57. The minimum atomic E-state index is -0.00929. The van der Waals surface area contributed by atoms with Crippen LogP contribution in [-0.2, 0) is 4.79 Å². The van der Waals surface area contributed by atoms with Gasteiger partial charge in [0.05, 0.1) is 12.1 Å². The summed E-state index contributed by atoms with van der Waals surface area (Å²) in [6.07, 6.45) is 1.94. The van der Waals surface area contributed by atoms with Gasteiger partial charge in [0.15, 0.2) is 0 Å². The first-order valence-electron chi connectivity index (χ1n) is 5.90. The molecule has 0 spiro atoms. The van der Waals surface area contributed by atoms with Crippen LogP contribution in [-0.4, -0.2) is 18.5 Å². The number of piperazine rings is 1. The molecule has 16 heavy (non-hydrogen) atoms. The van der Waals surface area contributed by atoms with Gasteiger partial charge in [0.2, 0.25) is 5.91 Å². The van der Waals surface area contributed by atoms with E-state index >= 15 is 0 Å². The number of rotatable bonds is 3. The molecule has 0 unspecified atom stereocenters. The summed E-state index contributed by atoms with van der Waals surface area (Å²) >= 11 is 0. The van der Waals surface area contributed by atoms with E-state index in [1.54, 1.807) is 0 Å². The van der Waals surface area contributed by atoms with Crippen LogP contribution < -0.4 is 10.6 Å². The van der Waals surface area contributed by atoms with Gasteiger partial charge in [0.1, 0.15) is 0 Å². The van der Waals surface area contributed by atoms with E-state index in [0.29, 0.717) is 0 Å². The lowest BCUT2D eigenvalue weighted by Crippen LogP contribution is -2.54. The fraction of sp³-hybridized carbons (Fsp3) is 0.462. The maximum Gasteiger partial charge on any atom is 0.237 e. The molecule has 1 amide bonds. The largest absolute Gasteiger partial charge is 0.347 e. The standard InChI is InChI=1S/C13H18N2O/c1-2-6-11-13(16)15-12(9-14-11)10-7-4-3-5-8-10/h3-5,7-8,11-12,14H,2,6,9H2,1H3,(H,15,16)/t11-,12+/m0/s1. The lowest BCUT2D eigenvalue weighted by molar-refractivity contribution is -0.125. The Hall–Kier alpha value is -1.35. The zero-order chi connectivity index (χ0) is 11.4. The van der Waals surface area contributed by atoms with Crippen molar-refractivity contribution in [3.05, 3.63) is 35.9 Å². The van der Waals surface area contributed by atoms with Gasteiger partial charge >= 0.3 is 0 Å². The molecule has 1 aliphatic heterocycles. The van der Waals surface area contributed by atoms with Gasteiger partial charge in [-0.05, 0) is 12.0 Å². The van der Waals surface area contributed by atoms with Crippen LogP contribution in [0, 0.1) is 0 Å². The first kappa shape index (κ1) is 11.1. The molecule has 1 aromatic rings. The SMILES string of the molecule is CCC[C@@H]1NC[C@H](c2ccccc2)NC1=O. The van der Waals surface area contributed by atoms with Crippen molar-refractivity contribution in [2.75, 3.05) is 6.54 Å². The fourth-order valence-electron chi connectivity index (χ4n) is 2.08. The summed E-state index contributed by atoms with van der Waals surface area (Å²) < 4.78 is 0. The van der Waals surface area contributed by atoms with Gasteiger partial charge in [0, 0.05) is 6.54 Å². The second-order valence-corrected chi connectivity index (χ2v) is 4.22. The summed E-state index contributed by atoms with van der Waals surface area (Å²) in [5, 5.41) is 6.37. The minimum Gasteiger partial charge on any atom is -0.347 e. The summed E-state index contributed by atoms with van der Waals surface area (Å²) in [7, 11) is 0. The van der Waals surface area contributed by atoms with Crippen LogP contribution in [0.25, 0.3) is 0 Å². The molecule has 2 atom stereocenters. The summed E-state index contributed by atoms with van der Waals surface area (Å²) in [4.78, 5) is 11.8. The van der Waals surface area contributed by atoms with Crippen LogP contribution >= 0.6 is 0 Å². The summed E-state index contributed by atoms with van der Waals surface area (Å²) in [5.74, 6) is 0.127. The number of amides is 1. The Morgan fingerprint density at radius 1 is 1.31 bits per heavy atom. The summed E-state index contributed by atoms with van der Waals surface area (Å²) in [6.45, 7) is 2.92. The minimum absolute atomic E-state index is 0.00929. The van der Waals surface area contributed by atoms with Gasteiger partial charge in [-0.25, -0.2) is 0 Å². The van der Waals surface area contributed by atoms with E-state index < -0.39 is 0 Å². The van der Waals surface area contributed by atoms with Gasteiger partial charge in [-0.3, -0.25) is 4.79 Å². The van der Waals surface area contributed by atoms with Crippen molar-refractivity contribution >= 4 is 5.91 Å². The second kappa shape index (κ2) is 5.12. The Balaban J connectivity index is 2.00. The smallest absolute Gasteiger partial charge is 0.237 e. The highest BCUT2D eigenvalue weighted by molar-refractivity contribution is 5.83. The average molecular weight is 218 g/mol. The van der Waals surface area contributed by atoms with Crippen LogP contribution in [0.15, 0.2) is 30.3 Å². The van der Waals surface area contributed by atoms with Crippen molar-refractivity contribution in [2.24, 2.45) is 0 Å². The van der Waals surface area contributed by atoms with Crippen molar-refractivity contribution in [1.29, 1.82) is 0 Å². The molecule has 2 N–H and O–H groups in total. The number of nitrogens with one attached hydrogen (secondary N) is 2. The van der Waals surface area contributed by atoms with Crippen LogP contribution in [0.4, 0.5) is 0 Å². The van der Waals surface area contributed by atoms with Crippen LogP contribution in [0.1, 0.15) is 31.4 Å². The Bertz CT molecular complexity index is 350. The molecule has 3 nitrogen and oxygen atoms in total. The highest BCUT2D eigenvalue weighted by Crippen LogP contribution is 2.15. The maximum atomic E-state index is 11.8. The molecule has 0 bridgehead atoms. The third kappa shape index (κ3) is 2.42. The Morgan fingerprint density at radius 2 is 2.06 bits per heavy atom. The van der Waals surface area contributed by atoms with Gasteiger partial charge in [-0.15, -0.1) is 0 Å². The van der Waals surface area contributed by atoms with Gasteiger partial charge in [-0.2, -0.15) is 0 Å². The monoisotopic (exact) mass is 218 g/mol. The molecule has 2 rings (SSSR count). The zero-order valence-corrected chi connectivity index (χ0v) is 9.57. The fourth-order valence-corrected chi connectivity index (χ4v) is 2.08. The molecule has 3 heteroatoms. The quantitative estimate of drug-likeness (QED) is 0.809. The average Bonchev–Trinajstić information content (AvgIpc) is 2.33.